The van der Waals surface area contributed by atoms with Gasteiger partial charge in [-0.2, -0.15) is 0 Å². The fraction of sp³-hybridized carbons (Fsp3) is 0.312. The first-order valence-corrected chi connectivity index (χ1v) is 7.62. The molecule has 0 aliphatic heterocycles. The number of nitrogens with one attached hydrogen (secondary N) is 2. The van der Waals surface area contributed by atoms with Crippen LogP contribution < -0.4 is 10.6 Å². The van der Waals surface area contributed by atoms with Gasteiger partial charge in [0.05, 0.1) is 6.04 Å². The Morgan fingerprint density at radius 1 is 1.15 bits per heavy atom. The standard InChI is InChI=1S/C16H20N2OS/c1-11(2)16(15-8-5-9-20-15)18-14-7-4-6-13(10-14)17-12(3)19/h4-11,16,18H,1-3H3,(H,17,19). The van der Waals surface area contributed by atoms with E-state index in [1.165, 1.54) is 11.8 Å². The molecule has 0 aliphatic rings. The lowest BCUT2D eigenvalue weighted by Crippen LogP contribution is -2.15. The van der Waals surface area contributed by atoms with E-state index in [-0.39, 0.29) is 11.9 Å². The van der Waals surface area contributed by atoms with Crippen LogP contribution >= 0.6 is 11.3 Å². The van der Waals surface area contributed by atoms with Gasteiger partial charge in [0, 0.05) is 23.2 Å². The average Bonchev–Trinajstić information content (AvgIpc) is 2.88. The molecule has 1 aromatic heterocycles. The molecule has 0 bridgehead atoms. The highest BCUT2D eigenvalue weighted by Gasteiger charge is 2.16. The van der Waals surface area contributed by atoms with Crippen molar-refractivity contribution in [2.45, 2.75) is 26.8 Å². The molecular weight excluding hydrogens is 268 g/mol. The number of amides is 1. The van der Waals surface area contributed by atoms with E-state index >= 15 is 0 Å². The van der Waals surface area contributed by atoms with Gasteiger partial charge in [-0.1, -0.05) is 26.0 Å². The van der Waals surface area contributed by atoms with Gasteiger partial charge in [0.25, 0.3) is 0 Å². The van der Waals surface area contributed by atoms with Crippen molar-refractivity contribution in [3.8, 4) is 0 Å². The molecule has 0 spiro atoms. The lowest BCUT2D eigenvalue weighted by Gasteiger charge is -2.22. The monoisotopic (exact) mass is 288 g/mol. The number of thiophene rings is 1. The van der Waals surface area contributed by atoms with Crippen molar-refractivity contribution in [3.05, 3.63) is 46.7 Å². The maximum absolute atomic E-state index is 11.1. The number of hydrogen-bond acceptors (Lipinski definition) is 3. The summed E-state index contributed by atoms with van der Waals surface area (Å²) in [5.41, 5.74) is 1.83. The Morgan fingerprint density at radius 3 is 2.50 bits per heavy atom. The van der Waals surface area contributed by atoms with Crippen molar-refractivity contribution in [1.29, 1.82) is 0 Å². The van der Waals surface area contributed by atoms with E-state index in [0.29, 0.717) is 5.92 Å². The molecule has 0 saturated heterocycles. The van der Waals surface area contributed by atoms with Crippen LogP contribution in [-0.2, 0) is 4.79 Å². The zero-order valence-corrected chi connectivity index (χ0v) is 12.8. The quantitative estimate of drug-likeness (QED) is 0.849. The van der Waals surface area contributed by atoms with E-state index in [0.717, 1.165) is 11.4 Å². The van der Waals surface area contributed by atoms with Gasteiger partial charge in [-0.25, -0.2) is 0 Å². The SMILES string of the molecule is CC(=O)Nc1cccc(NC(c2cccs2)C(C)C)c1. The number of hydrogen-bond donors (Lipinski definition) is 2. The first kappa shape index (κ1) is 14.6. The minimum Gasteiger partial charge on any atom is -0.377 e. The lowest BCUT2D eigenvalue weighted by atomic mass is 10.0. The van der Waals surface area contributed by atoms with E-state index in [9.17, 15) is 4.79 Å². The summed E-state index contributed by atoms with van der Waals surface area (Å²) >= 11 is 1.76. The topological polar surface area (TPSA) is 41.1 Å². The van der Waals surface area contributed by atoms with Crippen LogP contribution in [0.5, 0.6) is 0 Å². The third-order valence-electron chi connectivity index (χ3n) is 3.02. The van der Waals surface area contributed by atoms with Crippen molar-refractivity contribution in [1.82, 2.24) is 0 Å². The van der Waals surface area contributed by atoms with Gasteiger partial charge in [-0.3, -0.25) is 4.79 Å². The van der Waals surface area contributed by atoms with Gasteiger partial charge in [0.2, 0.25) is 5.91 Å². The van der Waals surface area contributed by atoms with Crippen LogP contribution in [0.15, 0.2) is 41.8 Å². The summed E-state index contributed by atoms with van der Waals surface area (Å²) in [5, 5.41) is 8.46. The fourth-order valence-corrected chi connectivity index (χ4v) is 3.05. The number of carbonyl (C=O) groups is 1. The highest BCUT2D eigenvalue weighted by molar-refractivity contribution is 7.10. The minimum atomic E-state index is -0.0548. The molecule has 1 heterocycles. The first-order valence-electron chi connectivity index (χ1n) is 6.74. The second-order valence-electron chi connectivity index (χ2n) is 5.14. The van der Waals surface area contributed by atoms with Crippen molar-refractivity contribution in [3.63, 3.8) is 0 Å². The van der Waals surface area contributed by atoms with Gasteiger partial charge in [-0.05, 0) is 35.6 Å². The van der Waals surface area contributed by atoms with E-state index in [1.807, 2.05) is 24.3 Å². The van der Waals surface area contributed by atoms with Gasteiger partial charge in [0.1, 0.15) is 0 Å². The molecule has 0 fully saturated rings. The number of benzene rings is 1. The van der Waals surface area contributed by atoms with E-state index in [1.54, 1.807) is 11.3 Å². The third kappa shape index (κ3) is 3.84. The Bertz CT molecular complexity index is 564. The van der Waals surface area contributed by atoms with Crippen LogP contribution in [0.4, 0.5) is 11.4 Å². The summed E-state index contributed by atoms with van der Waals surface area (Å²) in [4.78, 5) is 12.4. The second-order valence-corrected chi connectivity index (χ2v) is 6.12. The van der Waals surface area contributed by atoms with Gasteiger partial charge in [-0.15, -0.1) is 11.3 Å². The Kier molecular flexibility index (Phi) is 4.79. The van der Waals surface area contributed by atoms with Gasteiger partial charge < -0.3 is 10.6 Å². The Hall–Kier alpha value is -1.81. The molecule has 106 valence electrons. The molecule has 0 saturated carbocycles. The molecule has 2 rings (SSSR count). The Labute approximate surface area is 124 Å². The molecule has 2 aromatic rings. The highest BCUT2D eigenvalue weighted by Crippen LogP contribution is 2.30. The summed E-state index contributed by atoms with van der Waals surface area (Å²) in [6.45, 7) is 5.92. The summed E-state index contributed by atoms with van der Waals surface area (Å²) in [7, 11) is 0. The molecular formula is C16H20N2OS. The maximum atomic E-state index is 11.1. The normalized spacial score (nSPS) is 12.2. The van der Waals surface area contributed by atoms with Crippen molar-refractivity contribution in [2.75, 3.05) is 10.6 Å². The zero-order valence-electron chi connectivity index (χ0n) is 12.0. The second kappa shape index (κ2) is 6.57. The molecule has 1 amide bonds. The van der Waals surface area contributed by atoms with Crippen LogP contribution in [0, 0.1) is 5.92 Å². The molecule has 3 nitrogen and oxygen atoms in total. The lowest BCUT2D eigenvalue weighted by molar-refractivity contribution is -0.114. The Balaban J connectivity index is 2.17. The van der Waals surface area contributed by atoms with Crippen LogP contribution in [0.25, 0.3) is 0 Å². The zero-order chi connectivity index (χ0) is 14.5. The average molecular weight is 288 g/mol. The maximum Gasteiger partial charge on any atom is 0.221 e. The smallest absolute Gasteiger partial charge is 0.221 e. The van der Waals surface area contributed by atoms with E-state index < -0.39 is 0 Å². The van der Waals surface area contributed by atoms with Crippen LogP contribution in [0.1, 0.15) is 31.7 Å². The molecule has 0 radical (unpaired) electrons. The highest BCUT2D eigenvalue weighted by atomic mass is 32.1. The molecule has 1 unspecified atom stereocenters. The summed E-state index contributed by atoms with van der Waals surface area (Å²) in [5.74, 6) is 0.430. The molecule has 1 atom stereocenters. The van der Waals surface area contributed by atoms with E-state index in [2.05, 4.69) is 42.0 Å². The van der Waals surface area contributed by atoms with E-state index in [4.69, 9.17) is 0 Å². The summed E-state index contributed by atoms with van der Waals surface area (Å²) in [6.07, 6.45) is 0. The summed E-state index contributed by atoms with van der Waals surface area (Å²) < 4.78 is 0. The van der Waals surface area contributed by atoms with Crippen molar-refractivity contribution >= 4 is 28.6 Å². The van der Waals surface area contributed by atoms with Crippen molar-refractivity contribution in [2.24, 2.45) is 5.92 Å². The fourth-order valence-electron chi connectivity index (χ4n) is 2.10. The molecule has 20 heavy (non-hydrogen) atoms. The molecule has 2 N–H and O–H groups in total. The van der Waals surface area contributed by atoms with Crippen molar-refractivity contribution < 1.29 is 4.79 Å². The summed E-state index contributed by atoms with van der Waals surface area (Å²) in [6, 6.07) is 12.3. The molecule has 4 heteroatoms. The van der Waals surface area contributed by atoms with Crippen LogP contribution in [0.3, 0.4) is 0 Å². The van der Waals surface area contributed by atoms with Gasteiger partial charge >= 0.3 is 0 Å². The molecule has 0 aliphatic carbocycles. The number of anilines is 2. The Morgan fingerprint density at radius 2 is 1.90 bits per heavy atom. The largest absolute Gasteiger partial charge is 0.377 e. The first-order chi connectivity index (χ1) is 9.56. The number of carbonyl (C=O) groups excluding carboxylic acids is 1. The predicted molar refractivity (Wildman–Crippen MR) is 86.3 cm³/mol. The number of rotatable bonds is 5. The van der Waals surface area contributed by atoms with Crippen LogP contribution in [-0.4, -0.2) is 5.91 Å². The predicted octanol–water partition coefficient (Wildman–Crippen LogP) is 4.52. The van der Waals surface area contributed by atoms with Gasteiger partial charge in [0.15, 0.2) is 0 Å². The third-order valence-corrected chi connectivity index (χ3v) is 3.98. The van der Waals surface area contributed by atoms with Crippen LogP contribution in [0.2, 0.25) is 0 Å². The minimum absolute atomic E-state index is 0.0548. The molecule has 1 aromatic carbocycles.